The fourth-order valence-electron chi connectivity index (χ4n) is 4.38. The van der Waals surface area contributed by atoms with Crippen molar-refractivity contribution in [2.75, 3.05) is 0 Å². The molecule has 0 saturated heterocycles. The molecule has 0 aromatic carbocycles. The van der Waals surface area contributed by atoms with Gasteiger partial charge in [-0.15, -0.1) is 0 Å². The van der Waals surface area contributed by atoms with Crippen molar-refractivity contribution in [3.05, 3.63) is 22.3 Å². The minimum atomic E-state index is -3.47. The Morgan fingerprint density at radius 1 is 0.857 bits per heavy atom. The summed E-state index contributed by atoms with van der Waals surface area (Å²) < 4.78 is 11.0. The Bertz CT molecular complexity index is 478. The first-order chi connectivity index (χ1) is 10.2. The maximum atomic E-state index is 11.0. The molecule has 0 aromatic rings. The molecule has 0 aromatic heterocycles. The number of carbonyl (C=O) groups excluding carboxylic acids is 2. The van der Waals surface area contributed by atoms with Gasteiger partial charge in [-0.2, -0.15) is 0 Å². The molecular formula is C16H22O4Ti. The standard InChI is InChI=1S/C13H17.2CH2O2.CH3.Ti/c1-3-7-12-10(5-1)9-11-6-2-4-8-13(11)12;2*2-1-3;;/h9H,1-8H2;2*1H,(H,2,3);1H3;/q;;;;+2/p-2. The molecule has 3 aliphatic rings. The molecule has 0 unspecified atom stereocenters. The van der Waals surface area contributed by atoms with Gasteiger partial charge in [0.25, 0.3) is 0 Å². The molecule has 0 heterocycles. The molecule has 21 heavy (non-hydrogen) atoms. The van der Waals surface area contributed by atoms with E-state index in [2.05, 4.69) is 0 Å². The summed E-state index contributed by atoms with van der Waals surface area (Å²) in [6.45, 7) is 0.960. The van der Waals surface area contributed by atoms with E-state index in [-0.39, 0.29) is 4.22 Å². The Morgan fingerprint density at radius 2 is 1.29 bits per heavy atom. The molecule has 114 valence electrons. The van der Waals surface area contributed by atoms with Gasteiger partial charge in [0.05, 0.1) is 0 Å². The van der Waals surface area contributed by atoms with Crippen LogP contribution in [-0.4, -0.2) is 12.9 Å². The van der Waals surface area contributed by atoms with E-state index in [1.54, 1.807) is 0 Å². The van der Waals surface area contributed by atoms with E-state index in [9.17, 15) is 9.59 Å². The zero-order valence-electron chi connectivity index (χ0n) is 12.5. The molecule has 0 spiro atoms. The molecular weight excluding hydrogens is 304 g/mol. The fourth-order valence-corrected chi connectivity index (χ4v) is 8.46. The molecule has 0 saturated carbocycles. The molecule has 0 N–H and O–H groups in total. The van der Waals surface area contributed by atoms with Gasteiger partial charge < -0.3 is 0 Å². The van der Waals surface area contributed by atoms with Crippen molar-refractivity contribution in [1.82, 2.24) is 0 Å². The Labute approximate surface area is 129 Å². The number of rotatable bonds is 5. The Balaban J connectivity index is 2.05. The predicted molar refractivity (Wildman–Crippen MR) is 74.9 cm³/mol. The van der Waals surface area contributed by atoms with E-state index in [4.69, 9.17) is 6.64 Å². The van der Waals surface area contributed by atoms with E-state index >= 15 is 0 Å². The van der Waals surface area contributed by atoms with Crippen LogP contribution in [0.15, 0.2) is 22.3 Å². The number of carbonyl (C=O) groups is 2. The first kappa shape index (κ1) is 15.0. The van der Waals surface area contributed by atoms with E-state index in [1.807, 2.05) is 5.23 Å². The van der Waals surface area contributed by atoms with Crippen molar-refractivity contribution in [2.24, 2.45) is 0 Å². The first-order valence-electron chi connectivity index (χ1n) is 7.88. The van der Waals surface area contributed by atoms with Crippen LogP contribution in [0, 0.1) is 0 Å². The second kappa shape index (κ2) is 6.09. The fraction of sp³-hybridized carbons (Fsp3) is 0.625. The monoisotopic (exact) mass is 326 g/mol. The van der Waals surface area contributed by atoms with E-state index in [0.717, 1.165) is 25.7 Å². The summed E-state index contributed by atoms with van der Waals surface area (Å²) in [5.74, 6) is 0. The average Bonchev–Trinajstić information content (AvgIpc) is 2.83. The van der Waals surface area contributed by atoms with Crippen molar-refractivity contribution in [3.63, 3.8) is 0 Å². The average molecular weight is 326 g/mol. The molecule has 0 atom stereocenters. The second-order valence-corrected chi connectivity index (χ2v) is 11.1. The van der Waals surface area contributed by atoms with Crippen molar-refractivity contribution in [2.45, 2.75) is 60.8 Å². The molecule has 0 fully saturated rings. The number of hydrogen-bond acceptors (Lipinski definition) is 4. The minimum absolute atomic E-state index is 0.117. The van der Waals surface area contributed by atoms with Crippen molar-refractivity contribution >= 4 is 12.9 Å². The summed E-state index contributed by atoms with van der Waals surface area (Å²) in [7, 11) is 0. The van der Waals surface area contributed by atoms with Gasteiger partial charge in [0, 0.05) is 0 Å². The van der Waals surface area contributed by atoms with Gasteiger partial charge in [0.2, 0.25) is 0 Å². The summed E-state index contributed by atoms with van der Waals surface area (Å²) in [5.41, 5.74) is 5.89. The summed E-state index contributed by atoms with van der Waals surface area (Å²) in [5, 5.41) is 1.90. The van der Waals surface area contributed by atoms with Crippen LogP contribution in [0.3, 0.4) is 0 Å². The zero-order chi connectivity index (χ0) is 14.9. The van der Waals surface area contributed by atoms with Gasteiger partial charge >= 0.3 is 130 Å². The third-order valence-corrected chi connectivity index (χ3v) is 9.66. The quantitative estimate of drug-likeness (QED) is 0.568. The zero-order valence-corrected chi connectivity index (χ0v) is 14.1. The van der Waals surface area contributed by atoms with Crippen LogP contribution in [0.1, 0.15) is 51.4 Å². The Hall–Kier alpha value is -0.866. The number of hydrogen-bond donors (Lipinski definition) is 0. The van der Waals surface area contributed by atoms with Crippen molar-refractivity contribution < 1.29 is 33.6 Å². The molecule has 4 nitrogen and oxygen atoms in total. The summed E-state index contributed by atoms with van der Waals surface area (Å²) >= 11 is -3.47. The topological polar surface area (TPSA) is 52.6 Å². The normalized spacial score (nSPS) is 22.7. The van der Waals surface area contributed by atoms with Crippen LogP contribution >= 0.6 is 0 Å². The molecule has 3 rings (SSSR count). The third kappa shape index (κ3) is 2.53. The van der Waals surface area contributed by atoms with Gasteiger partial charge in [0.15, 0.2) is 0 Å². The van der Waals surface area contributed by atoms with Gasteiger partial charge in [-0.25, -0.2) is 0 Å². The van der Waals surface area contributed by atoms with E-state index in [0.29, 0.717) is 12.9 Å². The predicted octanol–water partition coefficient (Wildman–Crippen LogP) is 3.91. The summed E-state index contributed by atoms with van der Waals surface area (Å²) in [6.07, 6.45) is 9.30. The van der Waals surface area contributed by atoms with Gasteiger partial charge in [-0.05, 0) is 0 Å². The van der Waals surface area contributed by atoms with Crippen molar-refractivity contribution in [1.29, 1.82) is 0 Å². The van der Waals surface area contributed by atoms with Crippen LogP contribution < -0.4 is 0 Å². The SMILES string of the molecule is [CH3][Ti]([O]C=O)([O]C=O)[CH]1C2=C(CCCC2)C2=C1CCCC2. The van der Waals surface area contributed by atoms with Gasteiger partial charge in [-0.3, -0.25) is 0 Å². The Kier molecular flexibility index (Phi) is 4.37. The number of allylic oxidation sites excluding steroid dienone is 4. The molecule has 3 aliphatic carbocycles. The summed E-state index contributed by atoms with van der Waals surface area (Å²) in [4.78, 5) is 21.9. The van der Waals surface area contributed by atoms with E-state index < -0.39 is 17.4 Å². The van der Waals surface area contributed by atoms with Crippen LogP contribution in [0.5, 0.6) is 0 Å². The molecule has 5 heteroatoms. The van der Waals surface area contributed by atoms with Crippen LogP contribution in [0.2, 0.25) is 9.45 Å². The van der Waals surface area contributed by atoms with Gasteiger partial charge in [-0.1, -0.05) is 0 Å². The summed E-state index contributed by atoms with van der Waals surface area (Å²) in [6, 6.07) is 0. The second-order valence-electron chi connectivity index (χ2n) is 6.30. The maximum absolute atomic E-state index is 11.0. The van der Waals surface area contributed by atoms with Crippen LogP contribution in [0.4, 0.5) is 0 Å². The molecule has 0 bridgehead atoms. The molecule has 0 radical (unpaired) electrons. The van der Waals surface area contributed by atoms with E-state index in [1.165, 1.54) is 48.0 Å². The molecule has 0 aliphatic heterocycles. The van der Waals surface area contributed by atoms with Crippen LogP contribution in [-0.2, 0) is 33.6 Å². The molecule has 0 amide bonds. The Morgan fingerprint density at radius 3 is 1.71 bits per heavy atom. The van der Waals surface area contributed by atoms with Crippen LogP contribution in [0.25, 0.3) is 0 Å². The third-order valence-electron chi connectivity index (χ3n) is 5.17. The first-order valence-corrected chi connectivity index (χ1v) is 11.6. The number of fused-ring (bicyclic) bond motifs is 1. The van der Waals surface area contributed by atoms with Crippen molar-refractivity contribution in [3.8, 4) is 0 Å². The van der Waals surface area contributed by atoms with Gasteiger partial charge in [0.1, 0.15) is 0 Å².